The van der Waals surface area contributed by atoms with Crippen molar-refractivity contribution in [3.05, 3.63) is 28.5 Å². The standard InChI is InChI=1S/C7H8BrFN4/c8-4-2-1-3-5(9)6(4)12-7(10)13-11/h1-3H,11H2,(H3,10,12,13). The summed E-state index contributed by atoms with van der Waals surface area (Å²) in [7, 11) is 0. The third-order valence-electron chi connectivity index (χ3n) is 1.32. The lowest BCUT2D eigenvalue weighted by Gasteiger charge is -2.01. The van der Waals surface area contributed by atoms with E-state index in [1.165, 1.54) is 6.07 Å². The Morgan fingerprint density at radius 1 is 1.54 bits per heavy atom. The van der Waals surface area contributed by atoms with Gasteiger partial charge in [-0.05, 0) is 28.1 Å². The molecule has 0 saturated heterocycles. The molecule has 0 aliphatic carbocycles. The summed E-state index contributed by atoms with van der Waals surface area (Å²) in [6.45, 7) is 0. The number of hydrogen-bond donors (Lipinski definition) is 3. The highest BCUT2D eigenvalue weighted by Crippen LogP contribution is 2.27. The molecule has 0 fully saturated rings. The van der Waals surface area contributed by atoms with Crippen LogP contribution in [-0.2, 0) is 0 Å². The topological polar surface area (TPSA) is 76.4 Å². The Bertz CT molecular complexity index is 319. The second-order valence-electron chi connectivity index (χ2n) is 2.21. The summed E-state index contributed by atoms with van der Waals surface area (Å²) >= 11 is 3.13. The van der Waals surface area contributed by atoms with Crippen molar-refractivity contribution in [3.8, 4) is 0 Å². The van der Waals surface area contributed by atoms with E-state index in [0.29, 0.717) is 4.47 Å². The molecule has 13 heavy (non-hydrogen) atoms. The number of rotatable bonds is 1. The largest absolute Gasteiger partial charge is 0.369 e. The van der Waals surface area contributed by atoms with Crippen molar-refractivity contribution in [3.63, 3.8) is 0 Å². The van der Waals surface area contributed by atoms with E-state index in [2.05, 4.69) is 26.3 Å². The van der Waals surface area contributed by atoms with Gasteiger partial charge in [0, 0.05) is 4.47 Å². The second-order valence-corrected chi connectivity index (χ2v) is 3.07. The molecule has 1 rings (SSSR count). The number of nitrogens with one attached hydrogen (secondary N) is 1. The highest BCUT2D eigenvalue weighted by molar-refractivity contribution is 9.10. The van der Waals surface area contributed by atoms with Crippen molar-refractivity contribution in [2.75, 3.05) is 0 Å². The lowest BCUT2D eigenvalue weighted by Crippen LogP contribution is -2.36. The molecule has 4 nitrogen and oxygen atoms in total. The van der Waals surface area contributed by atoms with Gasteiger partial charge >= 0.3 is 0 Å². The molecule has 0 saturated carbocycles. The maximum absolute atomic E-state index is 13.1. The first kappa shape index (κ1) is 9.94. The lowest BCUT2D eigenvalue weighted by molar-refractivity contribution is 0.629. The van der Waals surface area contributed by atoms with Gasteiger partial charge in [-0.2, -0.15) is 0 Å². The number of para-hydroxylation sites is 1. The van der Waals surface area contributed by atoms with Crippen molar-refractivity contribution in [1.82, 2.24) is 5.43 Å². The first-order valence-corrected chi connectivity index (χ1v) is 4.19. The fourth-order valence-corrected chi connectivity index (χ4v) is 1.18. The molecule has 6 heteroatoms. The average Bonchev–Trinajstić information content (AvgIpc) is 2.11. The van der Waals surface area contributed by atoms with Gasteiger partial charge in [0.05, 0.1) is 0 Å². The number of hydrogen-bond acceptors (Lipinski definition) is 2. The van der Waals surface area contributed by atoms with E-state index in [0.717, 1.165) is 0 Å². The van der Waals surface area contributed by atoms with E-state index < -0.39 is 5.82 Å². The van der Waals surface area contributed by atoms with E-state index in [-0.39, 0.29) is 11.6 Å². The molecule has 1 aromatic rings. The summed E-state index contributed by atoms with van der Waals surface area (Å²) < 4.78 is 13.6. The van der Waals surface area contributed by atoms with Crippen LogP contribution in [0, 0.1) is 5.82 Å². The monoisotopic (exact) mass is 246 g/mol. The molecule has 0 unspecified atom stereocenters. The molecule has 0 aliphatic rings. The Labute approximate surface area is 82.9 Å². The number of halogens is 2. The zero-order valence-electron chi connectivity index (χ0n) is 6.59. The van der Waals surface area contributed by atoms with Crippen LogP contribution in [0.15, 0.2) is 27.7 Å². The van der Waals surface area contributed by atoms with Gasteiger partial charge in [0.15, 0.2) is 0 Å². The summed E-state index contributed by atoms with van der Waals surface area (Å²) in [4.78, 5) is 3.71. The molecule has 0 heterocycles. The van der Waals surface area contributed by atoms with E-state index in [9.17, 15) is 4.39 Å². The van der Waals surface area contributed by atoms with Crippen molar-refractivity contribution < 1.29 is 4.39 Å². The fraction of sp³-hybridized carbons (Fsp3) is 0. The van der Waals surface area contributed by atoms with Crippen LogP contribution >= 0.6 is 15.9 Å². The first-order chi connectivity index (χ1) is 6.15. The molecule has 1 aromatic carbocycles. The highest BCUT2D eigenvalue weighted by Gasteiger charge is 2.04. The summed E-state index contributed by atoms with van der Waals surface area (Å²) in [5, 5.41) is 0. The minimum atomic E-state index is -0.465. The number of benzene rings is 1. The number of hydrazine groups is 1. The van der Waals surface area contributed by atoms with Gasteiger partial charge < -0.3 is 5.73 Å². The van der Waals surface area contributed by atoms with Gasteiger partial charge in [-0.15, -0.1) is 0 Å². The minimum Gasteiger partial charge on any atom is -0.369 e. The summed E-state index contributed by atoms with van der Waals surface area (Å²) in [5.74, 6) is 4.46. The number of nitrogens with two attached hydrogens (primary N) is 2. The first-order valence-electron chi connectivity index (χ1n) is 3.40. The normalized spacial score (nSPS) is 11.5. The smallest absolute Gasteiger partial charge is 0.208 e. The van der Waals surface area contributed by atoms with Gasteiger partial charge in [0.25, 0.3) is 0 Å². The Kier molecular flexibility index (Phi) is 3.21. The van der Waals surface area contributed by atoms with Crippen molar-refractivity contribution in [2.24, 2.45) is 16.6 Å². The maximum atomic E-state index is 13.1. The van der Waals surface area contributed by atoms with E-state index in [1.807, 2.05) is 0 Å². The van der Waals surface area contributed by atoms with Crippen LogP contribution in [0.5, 0.6) is 0 Å². The van der Waals surface area contributed by atoms with Gasteiger partial charge in [0.2, 0.25) is 5.96 Å². The molecule has 5 N–H and O–H groups in total. The van der Waals surface area contributed by atoms with Crippen LogP contribution in [0.2, 0.25) is 0 Å². The van der Waals surface area contributed by atoms with Crippen LogP contribution in [-0.4, -0.2) is 5.96 Å². The molecule has 0 aromatic heterocycles. The molecule has 0 bridgehead atoms. The van der Waals surface area contributed by atoms with Crippen LogP contribution in [0.3, 0.4) is 0 Å². The molecule has 0 radical (unpaired) electrons. The van der Waals surface area contributed by atoms with Gasteiger partial charge in [0.1, 0.15) is 11.5 Å². The third kappa shape index (κ3) is 2.40. The predicted molar refractivity (Wildman–Crippen MR) is 52.7 cm³/mol. The quantitative estimate of drug-likeness (QED) is 0.300. The zero-order valence-corrected chi connectivity index (χ0v) is 8.18. The number of guanidine groups is 1. The van der Waals surface area contributed by atoms with Crippen LogP contribution in [0.1, 0.15) is 0 Å². The average molecular weight is 247 g/mol. The van der Waals surface area contributed by atoms with E-state index >= 15 is 0 Å². The Morgan fingerprint density at radius 3 is 2.77 bits per heavy atom. The highest BCUT2D eigenvalue weighted by atomic mass is 79.9. The van der Waals surface area contributed by atoms with Crippen LogP contribution in [0.4, 0.5) is 10.1 Å². The van der Waals surface area contributed by atoms with Gasteiger partial charge in [-0.1, -0.05) is 6.07 Å². The fourth-order valence-electron chi connectivity index (χ4n) is 0.749. The van der Waals surface area contributed by atoms with Crippen LogP contribution in [0.25, 0.3) is 0 Å². The number of aliphatic imine (C=N–C) groups is 1. The Hall–Kier alpha value is -1.14. The van der Waals surface area contributed by atoms with Crippen molar-refractivity contribution >= 4 is 27.6 Å². The lowest BCUT2D eigenvalue weighted by atomic mass is 10.3. The van der Waals surface area contributed by atoms with E-state index in [1.54, 1.807) is 12.1 Å². The number of nitrogens with zero attached hydrogens (tertiary/aromatic N) is 1. The molecule has 0 spiro atoms. The SMILES string of the molecule is NNC(N)=Nc1c(F)cccc1Br. The minimum absolute atomic E-state index is 0.0502. The zero-order chi connectivity index (χ0) is 9.84. The molecule has 0 atom stereocenters. The van der Waals surface area contributed by atoms with Crippen molar-refractivity contribution in [1.29, 1.82) is 0 Å². The molecule has 0 amide bonds. The van der Waals surface area contributed by atoms with Gasteiger partial charge in [-0.3, -0.25) is 5.43 Å². The predicted octanol–water partition coefficient (Wildman–Crippen LogP) is 0.998. The maximum Gasteiger partial charge on any atom is 0.208 e. The van der Waals surface area contributed by atoms with E-state index in [4.69, 9.17) is 11.6 Å². The van der Waals surface area contributed by atoms with Crippen LogP contribution < -0.4 is 17.0 Å². The Morgan fingerprint density at radius 2 is 2.23 bits per heavy atom. The molecule has 0 aliphatic heterocycles. The van der Waals surface area contributed by atoms with Gasteiger partial charge in [-0.25, -0.2) is 15.2 Å². The molecular formula is C7H8BrFN4. The summed E-state index contributed by atoms with van der Waals surface area (Å²) in [5.41, 5.74) is 7.50. The molecular weight excluding hydrogens is 239 g/mol. The Balaban J connectivity index is 3.14. The molecule has 70 valence electrons. The third-order valence-corrected chi connectivity index (χ3v) is 1.96. The second kappa shape index (κ2) is 4.20. The summed E-state index contributed by atoms with van der Waals surface area (Å²) in [6.07, 6.45) is 0. The van der Waals surface area contributed by atoms with Crippen molar-refractivity contribution in [2.45, 2.75) is 0 Å². The summed E-state index contributed by atoms with van der Waals surface area (Å²) in [6, 6.07) is 4.50.